The first-order valence-corrected chi connectivity index (χ1v) is 12.7. The van der Waals surface area contributed by atoms with E-state index in [0.717, 1.165) is 37.8 Å². The molecule has 2 atom stereocenters. The van der Waals surface area contributed by atoms with Gasteiger partial charge in [0.1, 0.15) is 0 Å². The molecule has 1 aromatic heterocycles. The van der Waals surface area contributed by atoms with Gasteiger partial charge in [0.15, 0.2) is 0 Å². The molecule has 4 rings (SSSR count). The minimum Gasteiger partial charge on any atom is -0.335 e. The number of nitrogens with one attached hydrogen (secondary N) is 1. The third kappa shape index (κ3) is 5.40. The van der Waals surface area contributed by atoms with Crippen LogP contribution in [0.3, 0.4) is 0 Å². The lowest BCUT2D eigenvalue weighted by Crippen LogP contribution is -2.47. The third-order valence-electron chi connectivity index (χ3n) is 7.62. The molecular weight excluding hydrogens is 410 g/mol. The van der Waals surface area contributed by atoms with Gasteiger partial charge in [0.2, 0.25) is 5.91 Å². The summed E-state index contributed by atoms with van der Waals surface area (Å²) in [4.78, 5) is 28.4. The molecule has 178 valence electrons. The Labute approximate surface area is 198 Å². The minimum absolute atomic E-state index is 0.00808. The number of piperidine rings is 1. The van der Waals surface area contributed by atoms with Crippen LogP contribution in [-0.4, -0.2) is 34.5 Å². The third-order valence-corrected chi connectivity index (χ3v) is 7.62. The van der Waals surface area contributed by atoms with Gasteiger partial charge in [-0.05, 0) is 92.3 Å². The van der Waals surface area contributed by atoms with Gasteiger partial charge in [-0.2, -0.15) is 0 Å². The number of hydrogen-bond acceptors (Lipinski definition) is 3. The van der Waals surface area contributed by atoms with Gasteiger partial charge in [0, 0.05) is 38.4 Å². The molecule has 2 aliphatic rings. The van der Waals surface area contributed by atoms with E-state index in [-0.39, 0.29) is 23.3 Å². The monoisotopic (exact) mass is 449 g/mol. The van der Waals surface area contributed by atoms with Gasteiger partial charge in [-0.25, -0.2) is 0 Å². The van der Waals surface area contributed by atoms with Crippen LogP contribution in [0.5, 0.6) is 0 Å². The summed E-state index contributed by atoms with van der Waals surface area (Å²) in [5.74, 6) is 0.204. The van der Waals surface area contributed by atoms with E-state index in [9.17, 15) is 9.59 Å². The van der Waals surface area contributed by atoms with Gasteiger partial charge in [-0.15, -0.1) is 0 Å². The van der Waals surface area contributed by atoms with E-state index in [4.69, 9.17) is 0 Å². The fourth-order valence-electron chi connectivity index (χ4n) is 5.18. The average Bonchev–Trinajstić information content (AvgIpc) is 3.65. The second-order valence-electron chi connectivity index (χ2n) is 10.1. The molecule has 1 aliphatic carbocycles. The summed E-state index contributed by atoms with van der Waals surface area (Å²) in [5.41, 5.74) is 6.29. The number of nitrogens with zero attached hydrogens (tertiary/aromatic N) is 2. The molecule has 2 fully saturated rings. The van der Waals surface area contributed by atoms with Crippen molar-refractivity contribution < 1.29 is 4.79 Å². The molecule has 2 unspecified atom stereocenters. The van der Waals surface area contributed by atoms with Crippen LogP contribution >= 0.6 is 0 Å². The Hall–Kier alpha value is -2.40. The summed E-state index contributed by atoms with van der Waals surface area (Å²) in [7, 11) is 1.77. The normalized spacial score (nSPS) is 20.6. The molecule has 1 saturated heterocycles. The molecule has 0 radical (unpaired) electrons. The maximum atomic E-state index is 14.0. The van der Waals surface area contributed by atoms with E-state index in [0.29, 0.717) is 19.1 Å². The van der Waals surface area contributed by atoms with E-state index in [2.05, 4.69) is 43.1 Å². The van der Waals surface area contributed by atoms with Crippen LogP contribution in [0.15, 0.2) is 35.3 Å². The summed E-state index contributed by atoms with van der Waals surface area (Å²) in [6, 6.07) is 8.74. The molecule has 1 amide bonds. The summed E-state index contributed by atoms with van der Waals surface area (Å²) in [6.07, 6.45) is 8.37. The van der Waals surface area contributed by atoms with Crippen LogP contribution in [-0.2, 0) is 24.8 Å². The number of aryl methyl sites for hydroxylation is 3. The standard InChI is InChI=1S/C28H39N3O2/c1-5-6-7-21-14-19(2)20(3)23(15-21)18-31(24-8-9-24)28(33)26-17-29-12-10-25(26)22-11-13-30(4)27(32)16-22/h11,13-16,24-26,29H,5-10,12,17-18H2,1-4H3. The Balaban J connectivity index is 1.60. The number of carbonyl (C=O) groups excluding carboxylic acids is 1. The van der Waals surface area contributed by atoms with Crippen molar-refractivity contribution in [2.45, 2.75) is 77.8 Å². The van der Waals surface area contributed by atoms with E-state index >= 15 is 0 Å². The van der Waals surface area contributed by atoms with Crippen LogP contribution in [0.2, 0.25) is 0 Å². The van der Waals surface area contributed by atoms with Crippen LogP contribution in [0.4, 0.5) is 0 Å². The highest BCUT2D eigenvalue weighted by molar-refractivity contribution is 5.81. The number of benzene rings is 1. The van der Waals surface area contributed by atoms with Crippen molar-refractivity contribution in [3.8, 4) is 0 Å². The Morgan fingerprint density at radius 3 is 2.67 bits per heavy atom. The van der Waals surface area contributed by atoms with E-state index < -0.39 is 0 Å². The first kappa shape index (κ1) is 23.7. The highest BCUT2D eigenvalue weighted by Crippen LogP contribution is 2.36. The van der Waals surface area contributed by atoms with Gasteiger partial charge in [-0.1, -0.05) is 25.5 Å². The summed E-state index contributed by atoms with van der Waals surface area (Å²) < 4.78 is 1.59. The van der Waals surface area contributed by atoms with Crippen molar-refractivity contribution in [1.82, 2.24) is 14.8 Å². The molecule has 2 aromatic rings. The topological polar surface area (TPSA) is 54.3 Å². The quantitative estimate of drug-likeness (QED) is 0.656. The number of unbranched alkanes of at least 4 members (excludes halogenated alkanes) is 1. The Kier molecular flexibility index (Phi) is 7.38. The predicted octanol–water partition coefficient (Wildman–Crippen LogP) is 4.23. The zero-order valence-electron chi connectivity index (χ0n) is 20.7. The maximum Gasteiger partial charge on any atom is 0.250 e. The van der Waals surface area contributed by atoms with Crippen molar-refractivity contribution in [3.63, 3.8) is 0 Å². The molecule has 1 N–H and O–H groups in total. The largest absolute Gasteiger partial charge is 0.335 e. The summed E-state index contributed by atoms with van der Waals surface area (Å²) in [5, 5.41) is 3.44. The fourth-order valence-corrected chi connectivity index (χ4v) is 5.18. The smallest absolute Gasteiger partial charge is 0.250 e. The summed E-state index contributed by atoms with van der Waals surface area (Å²) >= 11 is 0. The van der Waals surface area contributed by atoms with Crippen LogP contribution in [0.25, 0.3) is 0 Å². The molecule has 5 nitrogen and oxygen atoms in total. The van der Waals surface area contributed by atoms with Crippen molar-refractivity contribution in [2.24, 2.45) is 13.0 Å². The van der Waals surface area contributed by atoms with E-state index in [1.165, 1.54) is 35.1 Å². The van der Waals surface area contributed by atoms with Gasteiger partial charge in [0.05, 0.1) is 5.92 Å². The maximum absolute atomic E-state index is 14.0. The zero-order chi connectivity index (χ0) is 23.5. The predicted molar refractivity (Wildman–Crippen MR) is 134 cm³/mol. The van der Waals surface area contributed by atoms with Crippen molar-refractivity contribution in [1.29, 1.82) is 0 Å². The van der Waals surface area contributed by atoms with Crippen molar-refractivity contribution >= 4 is 5.91 Å². The van der Waals surface area contributed by atoms with Crippen molar-refractivity contribution in [2.75, 3.05) is 13.1 Å². The fraction of sp³-hybridized carbons (Fsp3) is 0.571. The molecule has 1 saturated carbocycles. The summed E-state index contributed by atoms with van der Waals surface area (Å²) in [6.45, 7) is 8.85. The van der Waals surface area contributed by atoms with E-state index in [1.807, 2.05) is 12.3 Å². The van der Waals surface area contributed by atoms with Gasteiger partial charge in [0.25, 0.3) is 5.56 Å². The molecule has 5 heteroatoms. The number of pyridine rings is 1. The Morgan fingerprint density at radius 2 is 1.97 bits per heavy atom. The molecule has 1 aliphatic heterocycles. The van der Waals surface area contributed by atoms with Crippen LogP contribution in [0, 0.1) is 19.8 Å². The molecular formula is C28H39N3O2. The Morgan fingerprint density at radius 1 is 1.18 bits per heavy atom. The molecule has 33 heavy (non-hydrogen) atoms. The number of aromatic nitrogens is 1. The lowest BCUT2D eigenvalue weighted by molar-refractivity contribution is -0.138. The Bertz CT molecular complexity index is 1050. The molecule has 0 spiro atoms. The van der Waals surface area contributed by atoms with Crippen LogP contribution < -0.4 is 10.9 Å². The molecule has 0 bridgehead atoms. The second-order valence-corrected chi connectivity index (χ2v) is 10.1. The lowest BCUT2D eigenvalue weighted by atomic mass is 9.80. The highest BCUT2D eigenvalue weighted by Gasteiger charge is 2.40. The first-order chi connectivity index (χ1) is 15.9. The van der Waals surface area contributed by atoms with Gasteiger partial charge in [-0.3, -0.25) is 9.59 Å². The van der Waals surface area contributed by atoms with Crippen molar-refractivity contribution in [3.05, 3.63) is 68.6 Å². The second kappa shape index (κ2) is 10.3. The number of carbonyl (C=O) groups is 1. The number of rotatable bonds is 8. The van der Waals surface area contributed by atoms with Crippen LogP contribution in [0.1, 0.15) is 72.8 Å². The number of amides is 1. The number of hydrogen-bond donors (Lipinski definition) is 1. The average molecular weight is 450 g/mol. The molecule has 2 heterocycles. The van der Waals surface area contributed by atoms with E-state index in [1.54, 1.807) is 17.7 Å². The zero-order valence-corrected chi connectivity index (χ0v) is 20.7. The lowest BCUT2D eigenvalue weighted by Gasteiger charge is -2.36. The highest BCUT2D eigenvalue weighted by atomic mass is 16.2. The SMILES string of the molecule is CCCCc1cc(C)c(C)c(CN(C(=O)C2CNCCC2c2ccn(C)c(=O)c2)C2CC2)c1. The minimum atomic E-state index is -0.129. The van der Waals surface area contributed by atoms with Gasteiger partial charge >= 0.3 is 0 Å². The first-order valence-electron chi connectivity index (χ1n) is 12.7. The van der Waals surface area contributed by atoms with Gasteiger partial charge < -0.3 is 14.8 Å². The molecule has 1 aromatic carbocycles.